The Bertz CT molecular complexity index is 695. The van der Waals surface area contributed by atoms with Crippen molar-refractivity contribution in [1.29, 1.82) is 5.26 Å². The molecule has 0 radical (unpaired) electrons. The smallest absolute Gasteiger partial charge is 0.311 e. The number of rotatable bonds is 4. The van der Waals surface area contributed by atoms with Crippen molar-refractivity contribution in [2.24, 2.45) is 0 Å². The number of ether oxygens (including phenoxy) is 1. The van der Waals surface area contributed by atoms with Gasteiger partial charge < -0.3 is 4.74 Å². The number of hydrogen-bond donors (Lipinski definition) is 0. The lowest BCUT2D eigenvalue weighted by atomic mass is 10.1. The lowest BCUT2D eigenvalue weighted by Gasteiger charge is -2.08. The molecule has 20 heavy (non-hydrogen) atoms. The van der Waals surface area contributed by atoms with E-state index in [4.69, 9.17) is 10.00 Å². The molecule has 0 aromatic heterocycles. The summed E-state index contributed by atoms with van der Waals surface area (Å²) in [7, 11) is 0. The molecule has 0 bridgehead atoms. The van der Waals surface area contributed by atoms with Crippen molar-refractivity contribution in [1.82, 2.24) is 0 Å². The van der Waals surface area contributed by atoms with Crippen LogP contribution in [0.2, 0.25) is 0 Å². The van der Waals surface area contributed by atoms with Gasteiger partial charge in [0.15, 0.2) is 5.75 Å². The Hall–Kier alpha value is -2.94. The molecule has 0 aliphatic rings. The van der Waals surface area contributed by atoms with Crippen molar-refractivity contribution in [3.05, 3.63) is 69.5 Å². The fourth-order valence-electron chi connectivity index (χ4n) is 1.67. The highest BCUT2D eigenvalue weighted by Gasteiger charge is 2.16. The van der Waals surface area contributed by atoms with E-state index in [1.54, 1.807) is 24.3 Å². The summed E-state index contributed by atoms with van der Waals surface area (Å²) in [6.07, 6.45) is 0. The predicted molar refractivity (Wildman–Crippen MR) is 68.5 cm³/mol. The molecule has 2 aromatic rings. The van der Waals surface area contributed by atoms with Crippen molar-refractivity contribution in [3.8, 4) is 11.8 Å². The molecule has 0 amide bonds. The summed E-state index contributed by atoms with van der Waals surface area (Å²) in [5.74, 6) is -0.790. The van der Waals surface area contributed by atoms with Gasteiger partial charge in [0, 0.05) is 17.7 Å². The van der Waals surface area contributed by atoms with Crippen LogP contribution in [0, 0.1) is 27.3 Å². The summed E-state index contributed by atoms with van der Waals surface area (Å²) in [5.41, 5.74) is 0.668. The Balaban J connectivity index is 2.25. The van der Waals surface area contributed by atoms with Gasteiger partial charge in [0.1, 0.15) is 12.4 Å². The summed E-state index contributed by atoms with van der Waals surface area (Å²) in [4.78, 5) is 10.2. The number of benzene rings is 2. The van der Waals surface area contributed by atoms with Crippen LogP contribution in [0.15, 0.2) is 42.5 Å². The first-order valence-corrected chi connectivity index (χ1v) is 5.66. The number of nitrogens with zero attached hydrogens (tertiary/aromatic N) is 2. The van der Waals surface area contributed by atoms with Gasteiger partial charge in [-0.3, -0.25) is 10.1 Å². The fourth-order valence-corrected chi connectivity index (χ4v) is 1.67. The van der Waals surface area contributed by atoms with Gasteiger partial charge in [-0.2, -0.15) is 5.26 Å². The summed E-state index contributed by atoms with van der Waals surface area (Å²) >= 11 is 0. The van der Waals surface area contributed by atoms with Gasteiger partial charge >= 0.3 is 5.69 Å². The van der Waals surface area contributed by atoms with Crippen LogP contribution in [0.3, 0.4) is 0 Å². The molecule has 0 unspecified atom stereocenters. The van der Waals surface area contributed by atoms with Crippen LogP contribution >= 0.6 is 0 Å². The standard InChI is InChI=1S/C14H9FN2O3/c15-12-5-6-13(17(18)19)14(7-12)20-9-11-4-2-1-3-10(11)8-16/h1-7H,9H2. The molecule has 0 atom stereocenters. The molecule has 0 N–H and O–H groups in total. The first kappa shape index (κ1) is 13.5. The lowest BCUT2D eigenvalue weighted by Crippen LogP contribution is -2.01. The number of hydrogen-bond acceptors (Lipinski definition) is 4. The Kier molecular flexibility index (Phi) is 3.91. The number of nitro benzene ring substituents is 1. The van der Waals surface area contributed by atoms with E-state index < -0.39 is 10.7 Å². The summed E-state index contributed by atoms with van der Waals surface area (Å²) in [5, 5.41) is 19.7. The third kappa shape index (κ3) is 2.90. The molecule has 2 aromatic carbocycles. The molecule has 0 heterocycles. The fraction of sp³-hybridized carbons (Fsp3) is 0.0714. The molecular formula is C14H9FN2O3. The van der Waals surface area contributed by atoms with Crippen molar-refractivity contribution in [3.63, 3.8) is 0 Å². The first-order chi connectivity index (χ1) is 9.61. The first-order valence-electron chi connectivity index (χ1n) is 5.66. The van der Waals surface area contributed by atoms with Gasteiger partial charge in [0.05, 0.1) is 16.6 Å². The highest BCUT2D eigenvalue weighted by Crippen LogP contribution is 2.28. The number of nitriles is 1. The van der Waals surface area contributed by atoms with Crippen LogP contribution in [-0.4, -0.2) is 4.92 Å². The SMILES string of the molecule is N#Cc1ccccc1COc1cc(F)ccc1[N+](=O)[O-]. The van der Waals surface area contributed by atoms with Crippen LogP contribution in [0.5, 0.6) is 5.75 Å². The maximum absolute atomic E-state index is 13.1. The zero-order valence-corrected chi connectivity index (χ0v) is 10.2. The monoisotopic (exact) mass is 272 g/mol. The third-order valence-electron chi connectivity index (χ3n) is 2.64. The normalized spacial score (nSPS) is 9.80. The van der Waals surface area contributed by atoms with E-state index in [1.807, 2.05) is 6.07 Å². The highest BCUT2D eigenvalue weighted by molar-refractivity contribution is 5.46. The molecule has 0 saturated carbocycles. The summed E-state index contributed by atoms with van der Waals surface area (Å²) in [6, 6.07) is 11.7. The molecule has 0 fully saturated rings. The number of halogens is 1. The average Bonchev–Trinajstić information content (AvgIpc) is 2.45. The second kappa shape index (κ2) is 5.80. The molecular weight excluding hydrogens is 263 g/mol. The van der Waals surface area contributed by atoms with Crippen LogP contribution < -0.4 is 4.74 Å². The molecule has 0 saturated heterocycles. The second-order valence-corrected chi connectivity index (χ2v) is 3.93. The minimum atomic E-state index is -0.648. The van der Waals surface area contributed by atoms with E-state index in [2.05, 4.69) is 0 Å². The van der Waals surface area contributed by atoms with E-state index in [-0.39, 0.29) is 18.0 Å². The van der Waals surface area contributed by atoms with Gasteiger partial charge in [0.25, 0.3) is 0 Å². The average molecular weight is 272 g/mol. The summed E-state index contributed by atoms with van der Waals surface area (Å²) in [6.45, 7) is -0.0476. The minimum absolute atomic E-state index is 0.0476. The van der Waals surface area contributed by atoms with E-state index in [9.17, 15) is 14.5 Å². The molecule has 5 nitrogen and oxygen atoms in total. The van der Waals surface area contributed by atoms with Crippen LogP contribution in [0.4, 0.5) is 10.1 Å². The number of nitro groups is 1. The largest absolute Gasteiger partial charge is 0.482 e. The van der Waals surface area contributed by atoms with E-state index in [0.29, 0.717) is 11.1 Å². The zero-order valence-electron chi connectivity index (χ0n) is 10.2. The van der Waals surface area contributed by atoms with Gasteiger partial charge in [-0.25, -0.2) is 4.39 Å². The van der Waals surface area contributed by atoms with Gasteiger partial charge in [-0.05, 0) is 12.1 Å². The quantitative estimate of drug-likeness (QED) is 0.632. The lowest BCUT2D eigenvalue weighted by molar-refractivity contribution is -0.386. The Morgan fingerprint density at radius 3 is 2.75 bits per heavy atom. The van der Waals surface area contributed by atoms with E-state index >= 15 is 0 Å². The van der Waals surface area contributed by atoms with Crippen molar-refractivity contribution in [2.75, 3.05) is 0 Å². The van der Waals surface area contributed by atoms with Crippen molar-refractivity contribution in [2.45, 2.75) is 6.61 Å². The van der Waals surface area contributed by atoms with Crippen LogP contribution in [0.25, 0.3) is 0 Å². The Morgan fingerprint density at radius 1 is 1.30 bits per heavy atom. The molecule has 0 aliphatic heterocycles. The van der Waals surface area contributed by atoms with Crippen molar-refractivity contribution >= 4 is 5.69 Å². The molecule has 6 heteroatoms. The highest BCUT2D eigenvalue weighted by atomic mass is 19.1. The molecule has 0 aliphatic carbocycles. The van der Waals surface area contributed by atoms with Gasteiger partial charge in [-0.15, -0.1) is 0 Å². The maximum Gasteiger partial charge on any atom is 0.311 e. The van der Waals surface area contributed by atoms with E-state index in [1.165, 1.54) is 0 Å². The second-order valence-electron chi connectivity index (χ2n) is 3.93. The van der Waals surface area contributed by atoms with Crippen LogP contribution in [0.1, 0.15) is 11.1 Å². The maximum atomic E-state index is 13.1. The Morgan fingerprint density at radius 2 is 2.05 bits per heavy atom. The Labute approximate surface area is 114 Å². The summed E-state index contributed by atoms with van der Waals surface area (Å²) < 4.78 is 18.4. The third-order valence-corrected chi connectivity index (χ3v) is 2.64. The van der Waals surface area contributed by atoms with Gasteiger partial charge in [-0.1, -0.05) is 18.2 Å². The minimum Gasteiger partial charge on any atom is -0.482 e. The zero-order chi connectivity index (χ0) is 14.5. The molecule has 100 valence electrons. The van der Waals surface area contributed by atoms with Crippen molar-refractivity contribution < 1.29 is 14.1 Å². The topological polar surface area (TPSA) is 76.2 Å². The molecule has 0 spiro atoms. The van der Waals surface area contributed by atoms with Gasteiger partial charge in [0.2, 0.25) is 0 Å². The van der Waals surface area contributed by atoms with E-state index in [0.717, 1.165) is 18.2 Å². The predicted octanol–water partition coefficient (Wildman–Crippen LogP) is 3.18. The van der Waals surface area contributed by atoms with Crippen LogP contribution in [-0.2, 0) is 6.61 Å². The molecule has 2 rings (SSSR count).